The van der Waals surface area contributed by atoms with E-state index in [1.165, 1.54) is 44.3 Å². The molecule has 2 fully saturated rings. The van der Waals surface area contributed by atoms with Gasteiger partial charge in [-0.15, -0.1) is 5.10 Å². The molecule has 0 amide bonds. The largest absolute Gasteiger partial charge is 0.358 e. The second-order valence-electron chi connectivity index (χ2n) is 6.04. The monoisotopic (exact) mass is 260 g/mol. The van der Waals surface area contributed by atoms with Crippen LogP contribution in [0.15, 0.2) is 12.1 Å². The zero-order valence-electron chi connectivity index (χ0n) is 11.8. The summed E-state index contributed by atoms with van der Waals surface area (Å²) in [4.78, 5) is 2.25. The summed E-state index contributed by atoms with van der Waals surface area (Å²) in [7, 11) is 2.13. The third-order valence-corrected chi connectivity index (χ3v) is 4.52. The van der Waals surface area contributed by atoms with E-state index >= 15 is 0 Å². The standard InChI is InChI=1S/C15H24N4/c1-19(11-12-4-3-9-16-10-12)15-8-7-14(17-18-15)13-5-2-6-13/h7-8,12-13,16H,2-6,9-11H2,1H3. The Kier molecular flexibility index (Phi) is 3.97. The first-order valence-electron chi connectivity index (χ1n) is 7.58. The second-order valence-corrected chi connectivity index (χ2v) is 6.04. The minimum absolute atomic E-state index is 0.675. The average Bonchev–Trinajstić information content (AvgIpc) is 2.39. The molecular weight excluding hydrogens is 236 g/mol. The van der Waals surface area contributed by atoms with Gasteiger partial charge in [0.2, 0.25) is 0 Å². The zero-order chi connectivity index (χ0) is 13.1. The highest BCUT2D eigenvalue weighted by Gasteiger charge is 2.21. The Hall–Kier alpha value is -1.16. The summed E-state index contributed by atoms with van der Waals surface area (Å²) < 4.78 is 0. The number of piperidine rings is 1. The summed E-state index contributed by atoms with van der Waals surface area (Å²) in [5.41, 5.74) is 1.18. The summed E-state index contributed by atoms with van der Waals surface area (Å²) in [6.45, 7) is 3.39. The molecule has 0 aromatic carbocycles. The normalized spacial score (nSPS) is 23.9. The Morgan fingerprint density at radius 2 is 2.11 bits per heavy atom. The molecule has 1 N–H and O–H groups in total. The first-order valence-corrected chi connectivity index (χ1v) is 7.58. The summed E-state index contributed by atoms with van der Waals surface area (Å²) in [6, 6.07) is 4.30. The highest BCUT2D eigenvalue weighted by molar-refractivity contribution is 5.36. The molecule has 4 heteroatoms. The predicted molar refractivity (Wildman–Crippen MR) is 77.5 cm³/mol. The highest BCUT2D eigenvalue weighted by atomic mass is 15.2. The van der Waals surface area contributed by atoms with Crippen molar-refractivity contribution in [1.29, 1.82) is 0 Å². The van der Waals surface area contributed by atoms with Gasteiger partial charge in [-0.3, -0.25) is 0 Å². The van der Waals surface area contributed by atoms with E-state index in [1.807, 2.05) is 0 Å². The van der Waals surface area contributed by atoms with Gasteiger partial charge in [-0.2, -0.15) is 5.10 Å². The van der Waals surface area contributed by atoms with Gasteiger partial charge in [0.25, 0.3) is 0 Å². The molecule has 1 aliphatic heterocycles. The van der Waals surface area contributed by atoms with Gasteiger partial charge < -0.3 is 10.2 Å². The quantitative estimate of drug-likeness (QED) is 0.901. The van der Waals surface area contributed by atoms with Crippen LogP contribution < -0.4 is 10.2 Å². The first kappa shape index (κ1) is 12.9. The fraction of sp³-hybridized carbons (Fsp3) is 0.733. The lowest BCUT2D eigenvalue weighted by Crippen LogP contribution is -2.37. The van der Waals surface area contributed by atoms with Crippen molar-refractivity contribution in [2.75, 3.05) is 31.6 Å². The van der Waals surface area contributed by atoms with Crippen LogP contribution in [0.1, 0.15) is 43.7 Å². The number of nitrogens with one attached hydrogen (secondary N) is 1. The number of rotatable bonds is 4. The number of hydrogen-bond acceptors (Lipinski definition) is 4. The number of aromatic nitrogens is 2. The van der Waals surface area contributed by atoms with E-state index in [0.29, 0.717) is 5.92 Å². The van der Waals surface area contributed by atoms with Crippen LogP contribution in [-0.4, -0.2) is 36.9 Å². The number of hydrogen-bond donors (Lipinski definition) is 1. The Labute approximate surface area is 115 Å². The topological polar surface area (TPSA) is 41.0 Å². The van der Waals surface area contributed by atoms with E-state index in [1.54, 1.807) is 0 Å². The molecule has 1 atom stereocenters. The summed E-state index contributed by atoms with van der Waals surface area (Å²) >= 11 is 0. The van der Waals surface area contributed by atoms with Gasteiger partial charge in [0.05, 0.1) is 5.69 Å². The van der Waals surface area contributed by atoms with Crippen molar-refractivity contribution in [1.82, 2.24) is 15.5 Å². The second kappa shape index (κ2) is 5.87. The molecule has 1 aromatic rings. The highest BCUT2D eigenvalue weighted by Crippen LogP contribution is 2.35. The van der Waals surface area contributed by atoms with Gasteiger partial charge in [-0.1, -0.05) is 6.42 Å². The number of anilines is 1. The fourth-order valence-corrected chi connectivity index (χ4v) is 3.02. The van der Waals surface area contributed by atoms with E-state index in [9.17, 15) is 0 Å². The molecule has 3 rings (SSSR count). The molecule has 1 saturated carbocycles. The summed E-state index contributed by atoms with van der Waals surface area (Å²) in [5.74, 6) is 2.43. The maximum atomic E-state index is 4.41. The van der Waals surface area contributed by atoms with Crippen molar-refractivity contribution in [3.05, 3.63) is 17.8 Å². The van der Waals surface area contributed by atoms with Gasteiger partial charge in [-0.25, -0.2) is 0 Å². The SMILES string of the molecule is CN(CC1CCCNC1)c1ccc(C2CCC2)nn1. The van der Waals surface area contributed by atoms with E-state index < -0.39 is 0 Å². The van der Waals surface area contributed by atoms with E-state index in [-0.39, 0.29) is 0 Å². The Bertz CT molecular complexity index is 393. The Morgan fingerprint density at radius 1 is 1.21 bits per heavy atom. The van der Waals surface area contributed by atoms with E-state index in [2.05, 4.69) is 39.6 Å². The Morgan fingerprint density at radius 3 is 2.68 bits per heavy atom. The van der Waals surface area contributed by atoms with Gasteiger partial charge in [0, 0.05) is 19.5 Å². The van der Waals surface area contributed by atoms with Crippen LogP contribution >= 0.6 is 0 Å². The van der Waals surface area contributed by atoms with E-state index in [0.717, 1.165) is 24.8 Å². The Balaban J connectivity index is 1.57. The van der Waals surface area contributed by atoms with Gasteiger partial charge in [0.15, 0.2) is 5.82 Å². The molecule has 1 saturated heterocycles. The molecular formula is C15H24N4. The van der Waals surface area contributed by atoms with Crippen LogP contribution in [0.5, 0.6) is 0 Å². The fourth-order valence-electron chi connectivity index (χ4n) is 3.02. The van der Waals surface area contributed by atoms with Crippen LogP contribution in [0.4, 0.5) is 5.82 Å². The summed E-state index contributed by atoms with van der Waals surface area (Å²) in [6.07, 6.45) is 6.55. The number of nitrogens with zero attached hydrogens (tertiary/aromatic N) is 3. The maximum Gasteiger partial charge on any atom is 0.150 e. The maximum absolute atomic E-state index is 4.41. The van der Waals surface area contributed by atoms with Crippen LogP contribution in [0.25, 0.3) is 0 Å². The van der Waals surface area contributed by atoms with Crippen LogP contribution in [-0.2, 0) is 0 Å². The molecule has 19 heavy (non-hydrogen) atoms. The molecule has 1 unspecified atom stereocenters. The van der Waals surface area contributed by atoms with Crippen LogP contribution in [0.2, 0.25) is 0 Å². The molecule has 104 valence electrons. The van der Waals surface area contributed by atoms with Crippen molar-refractivity contribution >= 4 is 5.82 Å². The minimum Gasteiger partial charge on any atom is -0.358 e. The van der Waals surface area contributed by atoms with Crippen molar-refractivity contribution in [2.24, 2.45) is 5.92 Å². The average molecular weight is 260 g/mol. The van der Waals surface area contributed by atoms with Crippen molar-refractivity contribution in [3.63, 3.8) is 0 Å². The molecule has 0 bridgehead atoms. The minimum atomic E-state index is 0.675. The van der Waals surface area contributed by atoms with Crippen LogP contribution in [0.3, 0.4) is 0 Å². The van der Waals surface area contributed by atoms with Gasteiger partial charge in [-0.05, 0) is 56.8 Å². The third-order valence-electron chi connectivity index (χ3n) is 4.52. The molecule has 2 aliphatic rings. The molecule has 0 spiro atoms. The summed E-state index contributed by atoms with van der Waals surface area (Å²) in [5, 5.41) is 12.3. The van der Waals surface area contributed by atoms with E-state index in [4.69, 9.17) is 0 Å². The zero-order valence-corrected chi connectivity index (χ0v) is 11.8. The molecule has 0 radical (unpaired) electrons. The third kappa shape index (κ3) is 3.06. The van der Waals surface area contributed by atoms with Crippen molar-refractivity contribution in [3.8, 4) is 0 Å². The lowest BCUT2D eigenvalue weighted by molar-refractivity contribution is 0.380. The van der Waals surface area contributed by atoms with Crippen molar-refractivity contribution in [2.45, 2.75) is 38.0 Å². The smallest absolute Gasteiger partial charge is 0.150 e. The molecule has 1 aliphatic carbocycles. The lowest BCUT2D eigenvalue weighted by atomic mass is 9.83. The molecule has 4 nitrogen and oxygen atoms in total. The lowest BCUT2D eigenvalue weighted by Gasteiger charge is -2.28. The molecule has 1 aromatic heterocycles. The van der Waals surface area contributed by atoms with Gasteiger partial charge in [0.1, 0.15) is 0 Å². The van der Waals surface area contributed by atoms with Gasteiger partial charge >= 0.3 is 0 Å². The predicted octanol–water partition coefficient (Wildman–Crippen LogP) is 2.18. The first-order chi connectivity index (χ1) is 9.33. The molecule has 2 heterocycles. The van der Waals surface area contributed by atoms with Crippen LogP contribution in [0, 0.1) is 5.92 Å². The van der Waals surface area contributed by atoms with Crippen molar-refractivity contribution < 1.29 is 0 Å².